The summed E-state index contributed by atoms with van der Waals surface area (Å²) in [5, 5.41) is 4.46. The highest BCUT2D eigenvalue weighted by Gasteiger charge is 2.13. The van der Waals surface area contributed by atoms with E-state index in [0.717, 1.165) is 15.8 Å². The van der Waals surface area contributed by atoms with Gasteiger partial charge in [-0.2, -0.15) is 0 Å². The molecule has 0 spiro atoms. The number of aromatic nitrogens is 3. The summed E-state index contributed by atoms with van der Waals surface area (Å²) in [7, 11) is 3.34. The maximum Gasteiger partial charge on any atom is 0.273 e. The number of halogens is 1. The van der Waals surface area contributed by atoms with Crippen LogP contribution in [0.25, 0.3) is 10.2 Å². The van der Waals surface area contributed by atoms with Crippen molar-refractivity contribution in [1.29, 1.82) is 0 Å². The molecule has 118 valence electrons. The number of carbonyl (C=O) groups excluding carboxylic acids is 1. The second kappa shape index (κ2) is 6.10. The van der Waals surface area contributed by atoms with Crippen molar-refractivity contribution >= 4 is 50.0 Å². The van der Waals surface area contributed by atoms with E-state index < -0.39 is 0 Å². The molecule has 3 aromatic rings. The zero-order valence-electron chi connectivity index (χ0n) is 12.8. The fourth-order valence-electron chi connectivity index (χ4n) is 2.02. The number of thiazole rings is 1. The Labute approximate surface area is 142 Å². The Morgan fingerprint density at radius 1 is 1.26 bits per heavy atom. The summed E-state index contributed by atoms with van der Waals surface area (Å²) >= 11 is 7.61. The van der Waals surface area contributed by atoms with Gasteiger partial charge in [0.15, 0.2) is 10.9 Å². The molecule has 6 nitrogen and oxygen atoms in total. The first kappa shape index (κ1) is 15.6. The van der Waals surface area contributed by atoms with Gasteiger partial charge >= 0.3 is 0 Å². The van der Waals surface area contributed by atoms with Gasteiger partial charge in [-0.1, -0.05) is 22.9 Å². The number of fused-ring (bicyclic) bond motifs is 1. The van der Waals surface area contributed by atoms with Crippen LogP contribution in [-0.4, -0.2) is 39.9 Å². The van der Waals surface area contributed by atoms with Crippen LogP contribution in [0.1, 0.15) is 16.1 Å². The Morgan fingerprint density at radius 2 is 2.04 bits per heavy atom. The molecule has 0 saturated carbocycles. The highest BCUT2D eigenvalue weighted by molar-refractivity contribution is 7.22. The number of benzene rings is 1. The van der Waals surface area contributed by atoms with Gasteiger partial charge in [0.1, 0.15) is 5.69 Å². The average Bonchev–Trinajstić information content (AvgIpc) is 2.94. The predicted molar refractivity (Wildman–Crippen MR) is 92.7 cm³/mol. The van der Waals surface area contributed by atoms with E-state index in [0.29, 0.717) is 16.0 Å². The first-order valence-corrected chi connectivity index (χ1v) is 8.01. The van der Waals surface area contributed by atoms with Crippen LogP contribution >= 0.6 is 22.9 Å². The number of aryl methyl sites for hydroxylation is 1. The van der Waals surface area contributed by atoms with Crippen molar-refractivity contribution < 1.29 is 4.79 Å². The number of carbonyl (C=O) groups is 1. The Bertz CT molecular complexity index is 893. The molecule has 0 fully saturated rings. The molecule has 0 saturated heterocycles. The molecule has 0 aliphatic rings. The predicted octanol–water partition coefficient (Wildman–Crippen LogP) is 3.49. The Morgan fingerprint density at radius 3 is 2.78 bits per heavy atom. The number of hydrogen-bond donors (Lipinski definition) is 1. The van der Waals surface area contributed by atoms with E-state index >= 15 is 0 Å². The number of hydrogen-bond acceptors (Lipinski definition) is 6. The summed E-state index contributed by atoms with van der Waals surface area (Å²) in [6.07, 6.45) is 2.99. The van der Waals surface area contributed by atoms with Crippen molar-refractivity contribution in [3.63, 3.8) is 0 Å². The maximum absolute atomic E-state index is 11.9. The number of nitrogens with zero attached hydrogens (tertiary/aromatic N) is 4. The number of nitrogens with one attached hydrogen (secondary N) is 1. The van der Waals surface area contributed by atoms with Gasteiger partial charge in [-0.25, -0.2) is 9.97 Å². The maximum atomic E-state index is 11.9. The number of rotatable bonds is 3. The smallest absolute Gasteiger partial charge is 0.273 e. The Hall–Kier alpha value is -2.25. The van der Waals surface area contributed by atoms with Crippen LogP contribution in [-0.2, 0) is 0 Å². The van der Waals surface area contributed by atoms with Gasteiger partial charge in [0.25, 0.3) is 5.91 Å². The second-order valence-corrected chi connectivity index (χ2v) is 6.59. The zero-order valence-corrected chi connectivity index (χ0v) is 14.4. The van der Waals surface area contributed by atoms with Crippen molar-refractivity contribution in [2.45, 2.75) is 6.92 Å². The Kier molecular flexibility index (Phi) is 4.14. The summed E-state index contributed by atoms with van der Waals surface area (Å²) in [4.78, 5) is 26.3. The van der Waals surface area contributed by atoms with Gasteiger partial charge in [-0.15, -0.1) is 0 Å². The summed E-state index contributed by atoms with van der Waals surface area (Å²) in [5.74, 6) is 0.272. The minimum atomic E-state index is -0.201. The first-order valence-electron chi connectivity index (χ1n) is 6.82. The first-order chi connectivity index (χ1) is 11.0. The Balaban J connectivity index is 1.92. The molecule has 8 heteroatoms. The van der Waals surface area contributed by atoms with E-state index in [9.17, 15) is 4.79 Å². The fraction of sp³-hybridized carbons (Fsp3) is 0.200. The van der Waals surface area contributed by atoms with Crippen LogP contribution in [0.4, 0.5) is 10.9 Å². The largest absolute Gasteiger partial charge is 0.343 e. The van der Waals surface area contributed by atoms with Crippen LogP contribution in [0.2, 0.25) is 5.02 Å². The molecule has 0 unspecified atom stereocenters. The van der Waals surface area contributed by atoms with Crippen LogP contribution in [0.5, 0.6) is 0 Å². The van der Waals surface area contributed by atoms with Crippen LogP contribution in [0, 0.1) is 6.92 Å². The van der Waals surface area contributed by atoms with E-state index in [1.165, 1.54) is 22.4 Å². The second-order valence-electron chi connectivity index (χ2n) is 5.15. The lowest BCUT2D eigenvalue weighted by Crippen LogP contribution is -2.23. The third kappa shape index (κ3) is 3.11. The molecule has 0 aliphatic heterocycles. The highest BCUT2D eigenvalue weighted by atomic mass is 35.5. The molecule has 1 amide bonds. The minimum Gasteiger partial charge on any atom is -0.343 e. The quantitative estimate of drug-likeness (QED) is 0.785. The van der Waals surface area contributed by atoms with E-state index in [1.54, 1.807) is 20.3 Å². The van der Waals surface area contributed by atoms with Crippen molar-refractivity contribution in [2.75, 3.05) is 19.4 Å². The van der Waals surface area contributed by atoms with Crippen molar-refractivity contribution in [3.8, 4) is 0 Å². The number of amides is 1. The lowest BCUT2D eigenvalue weighted by atomic mass is 10.2. The summed E-state index contributed by atoms with van der Waals surface area (Å²) in [5.41, 5.74) is 2.08. The minimum absolute atomic E-state index is 0.201. The highest BCUT2D eigenvalue weighted by Crippen LogP contribution is 2.32. The molecule has 0 atom stereocenters. The monoisotopic (exact) mass is 347 g/mol. The molecule has 0 radical (unpaired) electrons. The third-order valence-corrected chi connectivity index (χ3v) is 4.59. The molecule has 0 aliphatic carbocycles. The standard InChI is InChI=1S/C15H14ClN5OS/c1-8-9(16)4-5-11-13(8)20-15(23-11)19-12-7-17-6-10(18-12)14(22)21(2)3/h4-7H,1-3H3,(H,18,19,20). The summed E-state index contributed by atoms with van der Waals surface area (Å²) < 4.78 is 1.03. The van der Waals surface area contributed by atoms with Gasteiger partial charge in [0, 0.05) is 19.1 Å². The molecular weight excluding hydrogens is 334 g/mol. The molecule has 1 aromatic carbocycles. The topological polar surface area (TPSA) is 71.0 Å². The SMILES string of the molecule is Cc1c(Cl)ccc2sc(Nc3cncc(C(=O)N(C)C)n3)nc12. The molecule has 0 bridgehead atoms. The normalized spacial score (nSPS) is 10.8. The van der Waals surface area contributed by atoms with E-state index in [4.69, 9.17) is 11.6 Å². The summed E-state index contributed by atoms with van der Waals surface area (Å²) in [6, 6.07) is 3.79. The fourth-order valence-corrected chi connectivity index (χ4v) is 3.11. The van der Waals surface area contributed by atoms with Crippen LogP contribution < -0.4 is 5.32 Å². The molecule has 23 heavy (non-hydrogen) atoms. The third-order valence-electron chi connectivity index (χ3n) is 3.24. The summed E-state index contributed by atoms with van der Waals surface area (Å²) in [6.45, 7) is 1.93. The molecular formula is C15H14ClN5OS. The molecule has 2 heterocycles. The van der Waals surface area contributed by atoms with E-state index in [-0.39, 0.29) is 11.6 Å². The van der Waals surface area contributed by atoms with Crippen molar-refractivity contribution in [3.05, 3.63) is 40.8 Å². The molecule has 3 rings (SSSR count). The molecule has 1 N–H and O–H groups in total. The van der Waals surface area contributed by atoms with Crippen molar-refractivity contribution in [1.82, 2.24) is 19.9 Å². The van der Waals surface area contributed by atoms with Crippen LogP contribution in [0.3, 0.4) is 0 Å². The van der Waals surface area contributed by atoms with E-state index in [2.05, 4.69) is 20.3 Å². The molecule has 2 aromatic heterocycles. The van der Waals surface area contributed by atoms with E-state index in [1.807, 2.05) is 19.1 Å². The van der Waals surface area contributed by atoms with Crippen LogP contribution in [0.15, 0.2) is 24.5 Å². The van der Waals surface area contributed by atoms with Gasteiger partial charge in [0.05, 0.1) is 22.6 Å². The van der Waals surface area contributed by atoms with Gasteiger partial charge < -0.3 is 10.2 Å². The average molecular weight is 348 g/mol. The number of anilines is 2. The van der Waals surface area contributed by atoms with Crippen molar-refractivity contribution in [2.24, 2.45) is 0 Å². The zero-order chi connectivity index (χ0) is 16.6. The lowest BCUT2D eigenvalue weighted by Gasteiger charge is -2.09. The lowest BCUT2D eigenvalue weighted by molar-refractivity contribution is 0.0821. The van der Waals surface area contributed by atoms with Gasteiger partial charge in [0.2, 0.25) is 0 Å². The van der Waals surface area contributed by atoms with Gasteiger partial charge in [-0.05, 0) is 24.6 Å². The van der Waals surface area contributed by atoms with Gasteiger partial charge in [-0.3, -0.25) is 9.78 Å².